The van der Waals surface area contributed by atoms with Crippen LogP contribution in [0.25, 0.3) is 0 Å². The number of likely N-dealkylation sites (N-methyl/N-ethyl adjacent to an activating group) is 1. The van der Waals surface area contributed by atoms with E-state index in [4.69, 9.17) is 0 Å². The molecule has 0 saturated carbocycles. The third-order valence-corrected chi connectivity index (χ3v) is 6.43. The van der Waals surface area contributed by atoms with E-state index >= 15 is 0 Å². The van der Waals surface area contributed by atoms with Crippen LogP contribution in [-0.2, 0) is 9.54 Å². The van der Waals surface area contributed by atoms with Gasteiger partial charge in [0.1, 0.15) is 0 Å². The monoisotopic (exact) mass is 389 g/mol. The van der Waals surface area contributed by atoms with Crippen molar-refractivity contribution >= 4 is 16.9 Å². The molecule has 0 unspecified atom stereocenters. The van der Waals surface area contributed by atoms with Crippen LogP contribution in [0, 0.1) is 0 Å². The van der Waals surface area contributed by atoms with Gasteiger partial charge in [-0.05, 0) is 29.8 Å². The Morgan fingerprint density at radius 3 is 1.39 bits per heavy atom. The summed E-state index contributed by atoms with van der Waals surface area (Å²) in [5.74, 6) is 0. The highest BCUT2D eigenvalue weighted by molar-refractivity contribution is 8.14. The Morgan fingerprint density at radius 2 is 1.07 bits per heavy atom. The average Bonchev–Trinajstić information content (AvgIpc) is 2.77. The molecule has 0 N–H and O–H groups in total. The van der Waals surface area contributed by atoms with Gasteiger partial charge in [-0.2, -0.15) is 0 Å². The Labute approximate surface area is 172 Å². The van der Waals surface area contributed by atoms with Crippen molar-refractivity contribution < 1.29 is 4.79 Å². The van der Waals surface area contributed by atoms with Crippen molar-refractivity contribution in [2.24, 2.45) is 0 Å². The molecule has 0 heterocycles. The molecule has 3 aromatic rings. The minimum absolute atomic E-state index is 0.181. The highest BCUT2D eigenvalue weighted by Crippen LogP contribution is 2.48. The molecular weight excluding hydrogens is 362 g/mol. The van der Waals surface area contributed by atoms with E-state index in [1.54, 1.807) is 0 Å². The van der Waals surface area contributed by atoms with E-state index in [-0.39, 0.29) is 5.12 Å². The largest absolute Gasteiger partial charge is 0.296 e. The number of thioether (sulfide) groups is 1. The molecular formula is C25H27NOS. The topological polar surface area (TPSA) is 20.3 Å². The van der Waals surface area contributed by atoms with Crippen molar-refractivity contribution in [3.8, 4) is 0 Å². The van der Waals surface area contributed by atoms with Crippen LogP contribution in [-0.4, -0.2) is 29.6 Å². The van der Waals surface area contributed by atoms with Crippen molar-refractivity contribution in [1.29, 1.82) is 0 Å². The Kier molecular flexibility index (Phi) is 7.07. The van der Waals surface area contributed by atoms with E-state index in [0.717, 1.165) is 29.8 Å². The summed E-state index contributed by atoms with van der Waals surface area (Å²) in [6, 6.07) is 31.1. The molecule has 0 aliphatic rings. The summed E-state index contributed by atoms with van der Waals surface area (Å²) in [5, 5.41) is 0.181. The molecule has 0 fully saturated rings. The smallest absolute Gasteiger partial charge is 0.204 e. The molecule has 0 atom stereocenters. The highest BCUT2D eigenvalue weighted by Gasteiger charge is 2.39. The zero-order valence-electron chi connectivity index (χ0n) is 16.5. The average molecular weight is 390 g/mol. The van der Waals surface area contributed by atoms with E-state index in [9.17, 15) is 4.79 Å². The summed E-state index contributed by atoms with van der Waals surface area (Å²) in [6.07, 6.45) is 0. The third kappa shape index (κ3) is 4.37. The molecule has 28 heavy (non-hydrogen) atoms. The van der Waals surface area contributed by atoms with Crippen LogP contribution in [0.5, 0.6) is 0 Å². The summed E-state index contributed by atoms with van der Waals surface area (Å²) in [4.78, 5) is 15.4. The van der Waals surface area contributed by atoms with Gasteiger partial charge < -0.3 is 0 Å². The van der Waals surface area contributed by atoms with Gasteiger partial charge in [-0.1, -0.05) is 117 Å². The lowest BCUT2D eigenvalue weighted by atomic mass is 9.84. The summed E-state index contributed by atoms with van der Waals surface area (Å²) in [6.45, 7) is 6.39. The van der Waals surface area contributed by atoms with Crippen LogP contribution in [0.3, 0.4) is 0 Å². The number of hydrogen-bond acceptors (Lipinski definition) is 3. The number of carbonyl (C=O) groups is 1. The Hall–Kier alpha value is -2.36. The molecule has 0 bridgehead atoms. The number of benzene rings is 3. The molecule has 0 aliphatic heterocycles. The van der Waals surface area contributed by atoms with Crippen LogP contribution < -0.4 is 0 Å². The van der Waals surface area contributed by atoms with Gasteiger partial charge in [-0.15, -0.1) is 0 Å². The summed E-state index contributed by atoms with van der Waals surface area (Å²) in [5.41, 5.74) is 3.35. The fourth-order valence-corrected chi connectivity index (χ4v) is 4.88. The van der Waals surface area contributed by atoms with E-state index in [2.05, 4.69) is 55.1 Å². The minimum atomic E-state index is -0.575. The Morgan fingerprint density at radius 1 is 0.714 bits per heavy atom. The SMILES string of the molecule is CCN(CC)CC(=O)SC(c1ccccc1)(c1ccccc1)c1ccccc1. The van der Waals surface area contributed by atoms with Gasteiger partial charge in [0.05, 0.1) is 11.3 Å². The molecule has 2 nitrogen and oxygen atoms in total. The van der Waals surface area contributed by atoms with Crippen molar-refractivity contribution in [3.63, 3.8) is 0 Å². The van der Waals surface area contributed by atoms with Crippen LogP contribution in [0.1, 0.15) is 30.5 Å². The van der Waals surface area contributed by atoms with Gasteiger partial charge in [0.15, 0.2) is 0 Å². The third-order valence-electron chi connectivity index (χ3n) is 5.06. The highest BCUT2D eigenvalue weighted by atomic mass is 32.2. The van der Waals surface area contributed by atoms with Crippen LogP contribution in [0.15, 0.2) is 91.0 Å². The molecule has 0 saturated heterocycles. The van der Waals surface area contributed by atoms with Crippen LogP contribution >= 0.6 is 11.8 Å². The molecule has 0 aliphatic carbocycles. The first-order valence-electron chi connectivity index (χ1n) is 9.81. The first kappa shape index (κ1) is 20.4. The van der Waals surface area contributed by atoms with Gasteiger partial charge in [0, 0.05) is 0 Å². The predicted octanol–water partition coefficient (Wildman–Crippen LogP) is 5.58. The van der Waals surface area contributed by atoms with E-state index in [1.165, 1.54) is 11.8 Å². The zero-order valence-corrected chi connectivity index (χ0v) is 17.4. The normalized spacial score (nSPS) is 11.5. The standard InChI is InChI=1S/C25H27NOS/c1-3-26(4-2)20-24(27)28-25(21-14-8-5-9-15-21,22-16-10-6-11-17-22)23-18-12-7-13-19-23/h5-19H,3-4,20H2,1-2H3. The van der Waals surface area contributed by atoms with Crippen molar-refractivity contribution in [1.82, 2.24) is 4.90 Å². The molecule has 144 valence electrons. The maximum absolute atomic E-state index is 13.2. The van der Waals surface area contributed by atoms with Crippen molar-refractivity contribution in [2.45, 2.75) is 18.6 Å². The van der Waals surface area contributed by atoms with E-state index < -0.39 is 4.75 Å². The van der Waals surface area contributed by atoms with Gasteiger partial charge in [-0.3, -0.25) is 9.69 Å². The summed E-state index contributed by atoms with van der Waals surface area (Å²) in [7, 11) is 0. The molecule has 0 amide bonds. The van der Waals surface area contributed by atoms with Crippen molar-refractivity contribution in [2.75, 3.05) is 19.6 Å². The summed E-state index contributed by atoms with van der Waals surface area (Å²) >= 11 is 1.43. The van der Waals surface area contributed by atoms with E-state index in [1.807, 2.05) is 54.6 Å². The first-order valence-corrected chi connectivity index (χ1v) is 10.6. The lowest BCUT2D eigenvalue weighted by Crippen LogP contribution is -2.33. The molecule has 0 spiro atoms. The second-order valence-electron chi connectivity index (χ2n) is 6.71. The zero-order chi connectivity index (χ0) is 19.8. The number of rotatable bonds is 8. The van der Waals surface area contributed by atoms with Gasteiger partial charge in [0.25, 0.3) is 0 Å². The molecule has 0 aromatic heterocycles. The van der Waals surface area contributed by atoms with Crippen molar-refractivity contribution in [3.05, 3.63) is 108 Å². The maximum Gasteiger partial charge on any atom is 0.204 e. The fraction of sp³-hybridized carbons (Fsp3) is 0.240. The van der Waals surface area contributed by atoms with Gasteiger partial charge in [-0.25, -0.2) is 0 Å². The fourth-order valence-electron chi connectivity index (χ4n) is 3.53. The number of hydrogen-bond donors (Lipinski definition) is 0. The summed E-state index contributed by atoms with van der Waals surface area (Å²) < 4.78 is -0.575. The number of nitrogens with zero attached hydrogens (tertiary/aromatic N) is 1. The second-order valence-corrected chi connectivity index (χ2v) is 7.99. The molecule has 3 heteroatoms. The first-order chi connectivity index (χ1) is 13.7. The second kappa shape index (κ2) is 9.72. The lowest BCUT2D eigenvalue weighted by molar-refractivity contribution is -0.112. The van der Waals surface area contributed by atoms with E-state index in [0.29, 0.717) is 6.54 Å². The molecule has 0 radical (unpaired) electrons. The predicted molar refractivity (Wildman–Crippen MR) is 120 cm³/mol. The Balaban J connectivity index is 2.15. The maximum atomic E-state index is 13.2. The van der Waals surface area contributed by atoms with Crippen LogP contribution in [0.2, 0.25) is 0 Å². The van der Waals surface area contributed by atoms with Gasteiger partial charge >= 0.3 is 0 Å². The lowest BCUT2D eigenvalue weighted by Gasteiger charge is -2.35. The Bertz CT molecular complexity index is 764. The van der Waals surface area contributed by atoms with Crippen LogP contribution in [0.4, 0.5) is 0 Å². The quantitative estimate of drug-likeness (QED) is 0.469. The minimum Gasteiger partial charge on any atom is -0.296 e. The molecule has 3 rings (SSSR count). The number of carbonyl (C=O) groups excluding carboxylic acids is 1. The van der Waals surface area contributed by atoms with Gasteiger partial charge in [0.2, 0.25) is 5.12 Å². The molecule has 3 aromatic carbocycles.